The Morgan fingerprint density at radius 3 is 2.84 bits per heavy atom. The van der Waals surface area contributed by atoms with E-state index >= 15 is 0 Å². The van der Waals surface area contributed by atoms with E-state index in [0.29, 0.717) is 18.2 Å². The van der Waals surface area contributed by atoms with Crippen molar-refractivity contribution < 1.29 is 14.6 Å². The second-order valence-corrected chi connectivity index (χ2v) is 8.69. The number of ether oxygens (including phenoxy) is 1. The van der Waals surface area contributed by atoms with Crippen LogP contribution in [0.2, 0.25) is 5.02 Å². The maximum Gasteiger partial charge on any atom is 0.305 e. The lowest BCUT2D eigenvalue weighted by Crippen LogP contribution is -2.04. The van der Waals surface area contributed by atoms with Crippen LogP contribution in [-0.2, 0) is 24.2 Å². The summed E-state index contributed by atoms with van der Waals surface area (Å²) in [7, 11) is 0. The van der Waals surface area contributed by atoms with Crippen molar-refractivity contribution in [2.24, 2.45) is 0 Å². The molecule has 0 atom stereocenters. The van der Waals surface area contributed by atoms with Gasteiger partial charge >= 0.3 is 5.97 Å². The van der Waals surface area contributed by atoms with Crippen molar-refractivity contribution in [2.75, 3.05) is 6.61 Å². The molecule has 2 aromatic carbocycles. The van der Waals surface area contributed by atoms with Crippen molar-refractivity contribution in [3.63, 3.8) is 0 Å². The molecule has 0 aliphatic heterocycles. The maximum absolute atomic E-state index is 10.8. The number of thiazole rings is 1. The molecule has 0 radical (unpaired) electrons. The zero-order valence-corrected chi connectivity index (χ0v) is 18.7. The molecule has 0 saturated heterocycles. The molecule has 4 aromatic rings. The molecule has 7 heteroatoms. The second-order valence-electron chi connectivity index (χ2n) is 7.19. The zero-order valence-electron chi connectivity index (χ0n) is 17.2. The largest absolute Gasteiger partial charge is 0.493 e. The monoisotopic (exact) mass is 454 g/mol. The van der Waals surface area contributed by atoms with E-state index in [2.05, 4.69) is 6.92 Å². The van der Waals surface area contributed by atoms with Crippen molar-refractivity contribution >= 4 is 39.8 Å². The quantitative estimate of drug-likeness (QED) is 0.333. The lowest BCUT2D eigenvalue weighted by molar-refractivity contribution is -0.137. The number of aromatic nitrogens is 2. The Bertz CT molecular complexity index is 1210. The molecule has 0 fully saturated rings. The van der Waals surface area contributed by atoms with E-state index < -0.39 is 5.97 Å². The van der Waals surface area contributed by atoms with Gasteiger partial charge in [-0.25, -0.2) is 4.98 Å². The normalized spacial score (nSPS) is 11.2. The van der Waals surface area contributed by atoms with Crippen LogP contribution in [0.15, 0.2) is 54.7 Å². The molecule has 2 aromatic heterocycles. The number of hydrogen-bond donors (Lipinski definition) is 1. The highest BCUT2D eigenvalue weighted by molar-refractivity contribution is 7.15. The van der Waals surface area contributed by atoms with Crippen LogP contribution in [0.25, 0.3) is 21.5 Å². The molecule has 0 spiro atoms. The molecular weight excluding hydrogens is 432 g/mol. The fourth-order valence-electron chi connectivity index (χ4n) is 3.55. The van der Waals surface area contributed by atoms with Crippen molar-refractivity contribution in [1.82, 2.24) is 9.55 Å². The maximum atomic E-state index is 10.8. The Morgan fingerprint density at radius 2 is 2.06 bits per heavy atom. The van der Waals surface area contributed by atoms with Crippen LogP contribution in [-0.4, -0.2) is 27.2 Å². The van der Waals surface area contributed by atoms with Gasteiger partial charge in [-0.05, 0) is 36.8 Å². The molecule has 0 bridgehead atoms. The number of nitrogens with zero attached hydrogens (tertiary/aromatic N) is 2. The molecule has 0 amide bonds. The summed E-state index contributed by atoms with van der Waals surface area (Å²) < 4.78 is 7.95. The minimum atomic E-state index is -0.798. The van der Waals surface area contributed by atoms with Gasteiger partial charge in [-0.1, -0.05) is 36.7 Å². The van der Waals surface area contributed by atoms with Crippen LogP contribution in [0.1, 0.15) is 23.9 Å². The minimum Gasteiger partial charge on any atom is -0.493 e. The van der Waals surface area contributed by atoms with Gasteiger partial charge in [0.25, 0.3) is 0 Å². The summed E-state index contributed by atoms with van der Waals surface area (Å²) in [4.78, 5) is 16.9. The van der Waals surface area contributed by atoms with Crippen LogP contribution in [0, 0.1) is 0 Å². The number of carboxylic acid groups (broad SMARTS) is 1. The summed E-state index contributed by atoms with van der Waals surface area (Å²) in [5, 5.41) is 11.6. The molecule has 0 aliphatic carbocycles. The van der Waals surface area contributed by atoms with Gasteiger partial charge in [0.05, 0.1) is 23.7 Å². The van der Waals surface area contributed by atoms with Crippen molar-refractivity contribution in [2.45, 2.75) is 32.7 Å². The van der Waals surface area contributed by atoms with Crippen LogP contribution in [0.3, 0.4) is 0 Å². The molecule has 4 rings (SSSR count). The van der Waals surface area contributed by atoms with Gasteiger partial charge in [-0.2, -0.15) is 0 Å². The SMILES string of the molecule is CCc1sc(-c2ccccc2Cl)nc1CCOc1ccc2c(ccn2CCC(=O)O)c1. The van der Waals surface area contributed by atoms with Gasteiger partial charge in [0.2, 0.25) is 0 Å². The van der Waals surface area contributed by atoms with E-state index in [4.69, 9.17) is 26.4 Å². The first-order valence-electron chi connectivity index (χ1n) is 10.2. The summed E-state index contributed by atoms with van der Waals surface area (Å²) in [5.41, 5.74) is 3.03. The molecule has 2 heterocycles. The second kappa shape index (κ2) is 9.54. The Balaban J connectivity index is 1.43. The number of rotatable bonds is 9. The predicted octanol–water partition coefficient (Wildman–Crippen LogP) is 6.08. The number of carboxylic acids is 1. The van der Waals surface area contributed by atoms with Gasteiger partial charge in [-0.15, -0.1) is 11.3 Å². The Kier molecular flexibility index (Phi) is 6.59. The van der Waals surface area contributed by atoms with Gasteiger partial charge in [0.1, 0.15) is 10.8 Å². The summed E-state index contributed by atoms with van der Waals surface area (Å²) in [6.07, 6.45) is 3.66. The third-order valence-corrected chi connectivity index (χ3v) is 6.73. The topological polar surface area (TPSA) is 64.4 Å². The minimum absolute atomic E-state index is 0.103. The Labute approximate surface area is 189 Å². The first-order chi connectivity index (χ1) is 15.0. The van der Waals surface area contributed by atoms with E-state index in [1.807, 2.05) is 59.3 Å². The highest BCUT2D eigenvalue weighted by Gasteiger charge is 2.14. The third-order valence-electron chi connectivity index (χ3n) is 5.12. The molecular formula is C24H23ClN2O3S. The zero-order chi connectivity index (χ0) is 21.8. The van der Waals surface area contributed by atoms with Crippen LogP contribution >= 0.6 is 22.9 Å². The molecule has 31 heavy (non-hydrogen) atoms. The highest BCUT2D eigenvalue weighted by atomic mass is 35.5. The molecule has 160 valence electrons. The number of carbonyl (C=O) groups is 1. The van der Waals surface area contributed by atoms with Crippen LogP contribution < -0.4 is 4.74 Å². The fourth-order valence-corrected chi connectivity index (χ4v) is 4.92. The molecule has 0 aliphatic rings. The predicted molar refractivity (Wildman–Crippen MR) is 125 cm³/mol. The standard InChI is InChI=1S/C24H23ClN2O3S/c1-2-22-20(26-24(31-22)18-5-3-4-6-19(18)25)11-14-30-17-7-8-21-16(15-17)9-12-27(21)13-10-23(28)29/h3-9,12,15H,2,10-11,13-14H2,1H3,(H,28,29). The van der Waals surface area contributed by atoms with E-state index in [9.17, 15) is 4.79 Å². The van der Waals surface area contributed by atoms with Gasteiger partial charge in [-0.3, -0.25) is 4.79 Å². The number of aliphatic carboxylic acids is 1. The summed E-state index contributed by atoms with van der Waals surface area (Å²) >= 11 is 8.03. The van der Waals surface area contributed by atoms with Crippen LogP contribution in [0.5, 0.6) is 5.75 Å². The number of hydrogen-bond acceptors (Lipinski definition) is 4. The summed E-state index contributed by atoms with van der Waals surface area (Å²) in [6.45, 7) is 3.12. The number of halogens is 1. The first-order valence-corrected chi connectivity index (χ1v) is 11.4. The van der Waals surface area contributed by atoms with Gasteiger partial charge < -0.3 is 14.4 Å². The highest BCUT2D eigenvalue weighted by Crippen LogP contribution is 2.33. The Morgan fingerprint density at radius 1 is 1.23 bits per heavy atom. The van der Waals surface area contributed by atoms with E-state index in [1.165, 1.54) is 4.88 Å². The first kappa shape index (κ1) is 21.4. The van der Waals surface area contributed by atoms with E-state index in [-0.39, 0.29) is 6.42 Å². The van der Waals surface area contributed by atoms with Gasteiger partial charge in [0, 0.05) is 40.5 Å². The molecule has 0 unspecified atom stereocenters. The third kappa shape index (κ3) is 4.92. The number of fused-ring (bicyclic) bond motifs is 1. The van der Waals surface area contributed by atoms with Crippen molar-refractivity contribution in [3.8, 4) is 16.3 Å². The number of benzene rings is 2. The fraction of sp³-hybridized carbons (Fsp3) is 0.250. The lowest BCUT2D eigenvalue weighted by Gasteiger charge is -2.07. The lowest BCUT2D eigenvalue weighted by atomic mass is 10.2. The molecule has 0 saturated carbocycles. The average Bonchev–Trinajstić information content (AvgIpc) is 3.36. The van der Waals surface area contributed by atoms with Crippen molar-refractivity contribution in [1.29, 1.82) is 0 Å². The molecule has 5 nitrogen and oxygen atoms in total. The number of aryl methyl sites for hydroxylation is 2. The Hall–Kier alpha value is -2.83. The summed E-state index contributed by atoms with van der Waals surface area (Å²) in [5.74, 6) is -0.00363. The van der Waals surface area contributed by atoms with Crippen LogP contribution in [0.4, 0.5) is 0 Å². The average molecular weight is 455 g/mol. The van der Waals surface area contributed by atoms with E-state index in [0.717, 1.165) is 45.8 Å². The molecule has 1 N–H and O–H groups in total. The smallest absolute Gasteiger partial charge is 0.305 e. The van der Waals surface area contributed by atoms with Gasteiger partial charge in [0.15, 0.2) is 0 Å². The summed E-state index contributed by atoms with van der Waals surface area (Å²) in [6, 6.07) is 15.7. The van der Waals surface area contributed by atoms with E-state index in [1.54, 1.807) is 11.3 Å². The van der Waals surface area contributed by atoms with Crippen molar-refractivity contribution in [3.05, 3.63) is 70.3 Å².